The summed E-state index contributed by atoms with van der Waals surface area (Å²) in [6, 6.07) is 1.39. The van der Waals surface area contributed by atoms with Gasteiger partial charge in [0, 0.05) is 57.3 Å². The molecule has 1 amide bonds. The van der Waals surface area contributed by atoms with Gasteiger partial charge in [-0.1, -0.05) is 26.7 Å². The Morgan fingerprint density at radius 3 is 2.52 bits per heavy atom. The molecule has 0 saturated carbocycles. The van der Waals surface area contributed by atoms with Crippen molar-refractivity contribution in [1.29, 1.82) is 0 Å². The Morgan fingerprint density at radius 1 is 1.10 bits per heavy atom. The molecule has 0 unspecified atom stereocenters. The Balaban J connectivity index is 1.80. The first-order chi connectivity index (χ1) is 15.0. The average molecular weight is 434 g/mol. The van der Waals surface area contributed by atoms with Gasteiger partial charge >= 0.3 is 5.97 Å². The molecular weight excluding hydrogens is 398 g/mol. The number of carbonyl (C=O) groups is 2. The number of rotatable bonds is 9. The second-order valence-corrected chi connectivity index (χ2v) is 8.38. The monoisotopic (exact) mass is 433 g/mol. The lowest BCUT2D eigenvalue weighted by Crippen LogP contribution is -2.32. The number of esters is 1. The van der Waals surface area contributed by atoms with Gasteiger partial charge in [-0.25, -0.2) is 4.79 Å². The topological polar surface area (TPSA) is 81.1 Å². The van der Waals surface area contributed by atoms with Crippen molar-refractivity contribution in [3.63, 3.8) is 0 Å². The number of pyridine rings is 1. The van der Waals surface area contributed by atoms with Crippen molar-refractivity contribution < 1.29 is 19.1 Å². The number of amides is 1. The Morgan fingerprint density at radius 2 is 1.87 bits per heavy atom. The van der Waals surface area contributed by atoms with Gasteiger partial charge in [0.1, 0.15) is 17.9 Å². The molecule has 2 aliphatic heterocycles. The van der Waals surface area contributed by atoms with E-state index >= 15 is 0 Å². The number of hydrogen-bond donors (Lipinski definition) is 0. The SMILES string of the molecule is CCC(CC)CN1CCc2c(C(=O)OC)c(OCCN3CCCC3=O)cc(=O)n2CC1. The lowest BCUT2D eigenvalue weighted by molar-refractivity contribution is -0.128. The van der Waals surface area contributed by atoms with Gasteiger partial charge in [-0.2, -0.15) is 0 Å². The Kier molecular flexibility index (Phi) is 8.12. The van der Waals surface area contributed by atoms with E-state index < -0.39 is 5.97 Å². The summed E-state index contributed by atoms with van der Waals surface area (Å²) in [6.45, 7) is 8.93. The third kappa shape index (κ3) is 5.47. The number of methoxy groups -OCH3 is 1. The van der Waals surface area contributed by atoms with Crippen LogP contribution in [0.25, 0.3) is 0 Å². The van der Waals surface area contributed by atoms with Crippen molar-refractivity contribution in [3.8, 4) is 5.75 Å². The van der Waals surface area contributed by atoms with Gasteiger partial charge in [0.25, 0.3) is 5.56 Å². The summed E-state index contributed by atoms with van der Waals surface area (Å²) in [4.78, 5) is 41.5. The third-order valence-corrected chi connectivity index (χ3v) is 6.54. The van der Waals surface area contributed by atoms with Crippen LogP contribution in [0.1, 0.15) is 55.6 Å². The van der Waals surface area contributed by atoms with Gasteiger partial charge in [0.05, 0.1) is 13.7 Å². The molecule has 31 heavy (non-hydrogen) atoms. The molecule has 0 radical (unpaired) electrons. The number of nitrogens with zero attached hydrogens (tertiary/aromatic N) is 3. The molecule has 0 aromatic carbocycles. The van der Waals surface area contributed by atoms with E-state index in [0.717, 1.165) is 45.4 Å². The van der Waals surface area contributed by atoms with Crippen LogP contribution in [-0.2, 0) is 22.5 Å². The standard InChI is InChI=1S/C23H35N3O5/c1-4-17(5-2)16-24-10-8-18-22(23(29)30-3)19(15-21(28)26(18)12-11-24)31-14-13-25-9-6-7-20(25)27/h15,17H,4-14,16H2,1-3H3. The van der Waals surface area contributed by atoms with Crippen LogP contribution in [0.3, 0.4) is 0 Å². The number of ether oxygens (including phenoxy) is 2. The van der Waals surface area contributed by atoms with E-state index in [1.54, 1.807) is 9.47 Å². The quantitative estimate of drug-likeness (QED) is 0.554. The Labute approximate surface area is 184 Å². The molecule has 1 aromatic rings. The van der Waals surface area contributed by atoms with Crippen LogP contribution >= 0.6 is 0 Å². The van der Waals surface area contributed by atoms with Crippen LogP contribution in [-0.4, -0.2) is 72.7 Å². The van der Waals surface area contributed by atoms with Crippen LogP contribution in [0.4, 0.5) is 0 Å². The van der Waals surface area contributed by atoms with Gasteiger partial charge in [-0.3, -0.25) is 9.59 Å². The van der Waals surface area contributed by atoms with Crippen molar-refractivity contribution in [2.45, 2.75) is 52.5 Å². The molecule has 8 nitrogen and oxygen atoms in total. The number of hydrogen-bond acceptors (Lipinski definition) is 6. The van der Waals surface area contributed by atoms with E-state index in [4.69, 9.17) is 9.47 Å². The van der Waals surface area contributed by atoms with E-state index in [-0.39, 0.29) is 23.8 Å². The van der Waals surface area contributed by atoms with Crippen LogP contribution in [0.15, 0.2) is 10.9 Å². The van der Waals surface area contributed by atoms with Gasteiger partial charge in [-0.15, -0.1) is 0 Å². The molecule has 1 aromatic heterocycles. The molecule has 0 N–H and O–H groups in total. The fourth-order valence-electron chi connectivity index (χ4n) is 4.53. The van der Waals surface area contributed by atoms with Crippen molar-refractivity contribution in [2.75, 3.05) is 46.4 Å². The van der Waals surface area contributed by atoms with Gasteiger partial charge in [-0.05, 0) is 12.3 Å². The number of fused-ring (bicyclic) bond motifs is 1. The fraction of sp³-hybridized carbons (Fsp3) is 0.696. The smallest absolute Gasteiger partial charge is 0.343 e. The van der Waals surface area contributed by atoms with Gasteiger partial charge < -0.3 is 23.8 Å². The molecule has 0 spiro atoms. The van der Waals surface area contributed by atoms with E-state index in [1.165, 1.54) is 13.2 Å². The first kappa shape index (κ1) is 23.3. The summed E-state index contributed by atoms with van der Waals surface area (Å²) in [5.74, 6) is 0.508. The summed E-state index contributed by atoms with van der Waals surface area (Å²) < 4.78 is 12.6. The first-order valence-corrected chi connectivity index (χ1v) is 11.5. The largest absolute Gasteiger partial charge is 0.491 e. The zero-order valence-corrected chi connectivity index (χ0v) is 19.0. The maximum absolute atomic E-state index is 12.9. The number of aromatic nitrogens is 1. The maximum atomic E-state index is 12.9. The second-order valence-electron chi connectivity index (χ2n) is 8.38. The van der Waals surface area contributed by atoms with Crippen LogP contribution in [0.2, 0.25) is 0 Å². The minimum Gasteiger partial charge on any atom is -0.491 e. The molecule has 3 heterocycles. The highest BCUT2D eigenvalue weighted by Crippen LogP contribution is 2.25. The van der Waals surface area contributed by atoms with Crippen LogP contribution < -0.4 is 10.3 Å². The molecule has 8 heteroatoms. The minimum absolute atomic E-state index is 0.122. The van der Waals surface area contributed by atoms with Crippen molar-refractivity contribution >= 4 is 11.9 Å². The highest BCUT2D eigenvalue weighted by Gasteiger charge is 2.27. The molecule has 0 bridgehead atoms. The normalized spacial score (nSPS) is 17.0. The highest BCUT2D eigenvalue weighted by atomic mass is 16.5. The molecular formula is C23H35N3O5. The predicted molar refractivity (Wildman–Crippen MR) is 118 cm³/mol. The highest BCUT2D eigenvalue weighted by molar-refractivity contribution is 5.93. The zero-order valence-electron chi connectivity index (χ0n) is 19.0. The molecule has 2 aliphatic rings. The second kappa shape index (κ2) is 10.8. The summed E-state index contributed by atoms with van der Waals surface area (Å²) in [5.41, 5.74) is 0.845. The lowest BCUT2D eigenvalue weighted by Gasteiger charge is -2.24. The van der Waals surface area contributed by atoms with Crippen molar-refractivity contribution in [3.05, 3.63) is 27.7 Å². The molecule has 172 valence electrons. The molecule has 1 fully saturated rings. The first-order valence-electron chi connectivity index (χ1n) is 11.5. The minimum atomic E-state index is -0.496. The summed E-state index contributed by atoms with van der Waals surface area (Å²) in [7, 11) is 1.34. The van der Waals surface area contributed by atoms with Crippen molar-refractivity contribution in [1.82, 2.24) is 14.4 Å². The number of likely N-dealkylation sites (tertiary alicyclic amines) is 1. The van der Waals surface area contributed by atoms with Crippen molar-refractivity contribution in [2.24, 2.45) is 5.92 Å². The maximum Gasteiger partial charge on any atom is 0.343 e. The summed E-state index contributed by atoms with van der Waals surface area (Å²) in [6.07, 6.45) is 4.28. The van der Waals surface area contributed by atoms with E-state index in [2.05, 4.69) is 18.7 Å². The van der Waals surface area contributed by atoms with Gasteiger partial charge in [0.15, 0.2) is 0 Å². The fourth-order valence-corrected chi connectivity index (χ4v) is 4.53. The summed E-state index contributed by atoms with van der Waals surface area (Å²) in [5, 5.41) is 0. The average Bonchev–Trinajstić information content (AvgIpc) is 3.05. The van der Waals surface area contributed by atoms with Crippen LogP contribution in [0, 0.1) is 5.92 Å². The molecule has 1 saturated heterocycles. The zero-order chi connectivity index (χ0) is 22.4. The van der Waals surface area contributed by atoms with E-state index in [1.807, 2.05) is 0 Å². The molecule has 0 atom stereocenters. The summed E-state index contributed by atoms with van der Waals surface area (Å²) >= 11 is 0. The lowest BCUT2D eigenvalue weighted by atomic mass is 10.0. The third-order valence-electron chi connectivity index (χ3n) is 6.54. The Hall–Kier alpha value is -2.35. The predicted octanol–water partition coefficient (Wildman–Crippen LogP) is 1.93. The van der Waals surface area contributed by atoms with Gasteiger partial charge in [0.2, 0.25) is 5.91 Å². The number of carbonyl (C=O) groups excluding carboxylic acids is 2. The Bertz CT molecular complexity index is 846. The van der Waals surface area contributed by atoms with Crippen LogP contribution in [0.5, 0.6) is 5.75 Å². The van der Waals surface area contributed by atoms with E-state index in [0.29, 0.717) is 43.1 Å². The van der Waals surface area contributed by atoms with E-state index in [9.17, 15) is 14.4 Å². The molecule has 3 rings (SSSR count). The molecule has 0 aliphatic carbocycles.